The van der Waals surface area contributed by atoms with E-state index in [1.165, 1.54) is 18.4 Å². The van der Waals surface area contributed by atoms with Crippen molar-refractivity contribution in [1.82, 2.24) is 0 Å². The van der Waals surface area contributed by atoms with Crippen molar-refractivity contribution in [3.8, 4) is 0 Å². The highest BCUT2D eigenvalue weighted by Crippen LogP contribution is 2.53. The highest BCUT2D eigenvalue weighted by molar-refractivity contribution is 7.88. The summed E-state index contributed by atoms with van der Waals surface area (Å²) in [5, 5.41) is 1.97. The van der Waals surface area contributed by atoms with E-state index in [0.717, 1.165) is 0 Å². The maximum Gasteiger partial charge on any atom is 0.0494 e. The molecule has 15 heavy (non-hydrogen) atoms. The number of hydrogen-bond donors (Lipinski definition) is 0. The fourth-order valence-corrected chi connectivity index (χ4v) is 3.65. The molecule has 1 fully saturated rings. The van der Waals surface area contributed by atoms with Crippen LogP contribution >= 0.6 is 0 Å². The molecule has 0 aromatic heterocycles. The summed E-state index contributed by atoms with van der Waals surface area (Å²) in [6.07, 6.45) is 4.11. The lowest BCUT2D eigenvalue weighted by atomic mass is 9.79. The first-order chi connectivity index (χ1) is 6.79. The average Bonchev–Trinajstić information content (AvgIpc) is 2.29. The fourth-order valence-electron chi connectivity index (χ4n) is 2.43. The molecule has 0 radical (unpaired) electrons. The summed E-state index contributed by atoms with van der Waals surface area (Å²) < 4.78 is 11.7. The standard InChI is InChI=1S/C13H22OS/c1-6-9-15(14)10-11-12(2,3)7-8-13(11,4)5/h6,10H,1,7-9H2,2-5H3. The van der Waals surface area contributed by atoms with Gasteiger partial charge >= 0.3 is 0 Å². The average molecular weight is 226 g/mol. The van der Waals surface area contributed by atoms with Crippen molar-refractivity contribution in [2.45, 2.75) is 40.5 Å². The van der Waals surface area contributed by atoms with Gasteiger partial charge in [0, 0.05) is 22.0 Å². The lowest BCUT2D eigenvalue weighted by Gasteiger charge is -2.27. The van der Waals surface area contributed by atoms with Crippen LogP contribution in [-0.2, 0) is 10.8 Å². The summed E-state index contributed by atoms with van der Waals surface area (Å²) in [6.45, 7) is 12.6. The van der Waals surface area contributed by atoms with E-state index < -0.39 is 10.8 Å². The van der Waals surface area contributed by atoms with Crippen molar-refractivity contribution in [2.75, 3.05) is 5.75 Å². The molecule has 1 unspecified atom stereocenters. The van der Waals surface area contributed by atoms with Gasteiger partial charge in [-0.2, -0.15) is 0 Å². The van der Waals surface area contributed by atoms with E-state index >= 15 is 0 Å². The first-order valence-corrected chi connectivity index (χ1v) is 6.89. The second kappa shape index (κ2) is 4.25. The van der Waals surface area contributed by atoms with Crippen LogP contribution in [0.15, 0.2) is 23.6 Å². The monoisotopic (exact) mass is 226 g/mol. The van der Waals surface area contributed by atoms with E-state index in [-0.39, 0.29) is 10.8 Å². The third kappa shape index (κ3) is 2.81. The molecular weight excluding hydrogens is 204 g/mol. The van der Waals surface area contributed by atoms with Crippen LogP contribution < -0.4 is 0 Å². The molecule has 1 atom stereocenters. The van der Waals surface area contributed by atoms with Crippen LogP contribution in [0, 0.1) is 10.8 Å². The number of rotatable bonds is 3. The number of hydrogen-bond acceptors (Lipinski definition) is 1. The van der Waals surface area contributed by atoms with Gasteiger partial charge in [-0.25, -0.2) is 0 Å². The Labute approximate surface area is 96.1 Å². The molecular formula is C13H22OS. The minimum absolute atomic E-state index is 0.209. The minimum Gasteiger partial charge on any atom is -0.255 e. The second-order valence-corrected chi connectivity index (χ2v) is 6.97. The molecule has 0 aromatic carbocycles. The molecule has 1 aliphatic rings. The summed E-state index contributed by atoms with van der Waals surface area (Å²) in [5.74, 6) is 0.565. The summed E-state index contributed by atoms with van der Waals surface area (Å²) >= 11 is 0. The molecule has 86 valence electrons. The first kappa shape index (κ1) is 12.7. The molecule has 0 heterocycles. The molecule has 0 saturated heterocycles. The summed E-state index contributed by atoms with van der Waals surface area (Å²) in [4.78, 5) is 0. The Balaban J connectivity index is 2.99. The van der Waals surface area contributed by atoms with E-state index in [1.54, 1.807) is 6.08 Å². The quantitative estimate of drug-likeness (QED) is 0.671. The van der Waals surface area contributed by atoms with Crippen LogP contribution in [0.5, 0.6) is 0 Å². The van der Waals surface area contributed by atoms with E-state index in [1.807, 2.05) is 5.41 Å². The van der Waals surface area contributed by atoms with Crippen LogP contribution in [0.1, 0.15) is 40.5 Å². The first-order valence-electron chi connectivity index (χ1n) is 5.50. The number of allylic oxidation sites excluding steroid dienone is 1. The molecule has 0 aliphatic heterocycles. The minimum atomic E-state index is -0.883. The third-order valence-corrected chi connectivity index (χ3v) is 4.43. The molecule has 1 saturated carbocycles. The molecule has 0 spiro atoms. The van der Waals surface area contributed by atoms with Crippen LogP contribution in [0.25, 0.3) is 0 Å². The van der Waals surface area contributed by atoms with Gasteiger partial charge in [0.2, 0.25) is 0 Å². The van der Waals surface area contributed by atoms with Gasteiger partial charge in [0.05, 0.1) is 0 Å². The van der Waals surface area contributed by atoms with Crippen LogP contribution in [0.3, 0.4) is 0 Å². The SMILES string of the molecule is C=CCS(=O)C=C1C(C)(C)CCC1(C)C. The van der Waals surface area contributed by atoms with E-state index in [4.69, 9.17) is 0 Å². The highest BCUT2D eigenvalue weighted by atomic mass is 32.2. The Bertz CT molecular complexity index is 292. The van der Waals surface area contributed by atoms with Gasteiger partial charge in [-0.05, 0) is 23.7 Å². The lowest BCUT2D eigenvalue weighted by Crippen LogP contribution is -2.17. The Hall–Kier alpha value is -0.370. The van der Waals surface area contributed by atoms with E-state index in [9.17, 15) is 4.21 Å². The van der Waals surface area contributed by atoms with Gasteiger partial charge in [-0.15, -0.1) is 6.58 Å². The summed E-state index contributed by atoms with van der Waals surface area (Å²) in [7, 11) is -0.883. The Morgan fingerprint density at radius 2 is 1.73 bits per heavy atom. The Morgan fingerprint density at radius 1 is 1.27 bits per heavy atom. The lowest BCUT2D eigenvalue weighted by molar-refractivity contribution is 0.445. The molecule has 2 heteroatoms. The smallest absolute Gasteiger partial charge is 0.0494 e. The molecule has 1 nitrogen and oxygen atoms in total. The predicted molar refractivity (Wildman–Crippen MR) is 68.1 cm³/mol. The Kier molecular flexibility index (Phi) is 3.59. The third-order valence-electron chi connectivity index (χ3n) is 3.36. The largest absolute Gasteiger partial charge is 0.255 e. The normalized spacial score (nSPS) is 24.9. The summed E-state index contributed by atoms with van der Waals surface area (Å²) in [6, 6.07) is 0. The van der Waals surface area contributed by atoms with Gasteiger partial charge in [0.15, 0.2) is 0 Å². The van der Waals surface area contributed by atoms with Crippen LogP contribution in [-0.4, -0.2) is 9.96 Å². The predicted octanol–water partition coefficient (Wildman–Crippen LogP) is 3.65. The maximum atomic E-state index is 11.7. The highest BCUT2D eigenvalue weighted by Gasteiger charge is 2.41. The van der Waals surface area contributed by atoms with Gasteiger partial charge < -0.3 is 0 Å². The molecule has 0 N–H and O–H groups in total. The Morgan fingerprint density at radius 3 is 2.13 bits per heavy atom. The van der Waals surface area contributed by atoms with Gasteiger partial charge in [-0.3, -0.25) is 4.21 Å². The molecule has 1 aliphatic carbocycles. The van der Waals surface area contributed by atoms with Gasteiger partial charge in [0.1, 0.15) is 0 Å². The summed E-state index contributed by atoms with van der Waals surface area (Å²) in [5.41, 5.74) is 1.77. The van der Waals surface area contributed by atoms with Crippen LogP contribution in [0.4, 0.5) is 0 Å². The zero-order valence-corrected chi connectivity index (χ0v) is 11.1. The van der Waals surface area contributed by atoms with E-state index in [0.29, 0.717) is 5.75 Å². The van der Waals surface area contributed by atoms with Crippen molar-refractivity contribution in [3.05, 3.63) is 23.6 Å². The van der Waals surface area contributed by atoms with Crippen molar-refractivity contribution in [2.24, 2.45) is 10.8 Å². The van der Waals surface area contributed by atoms with Gasteiger partial charge in [-0.1, -0.05) is 39.3 Å². The fraction of sp³-hybridized carbons (Fsp3) is 0.692. The molecule has 0 amide bonds. The van der Waals surface area contributed by atoms with Crippen molar-refractivity contribution in [1.29, 1.82) is 0 Å². The van der Waals surface area contributed by atoms with Crippen molar-refractivity contribution >= 4 is 10.8 Å². The topological polar surface area (TPSA) is 17.1 Å². The maximum absolute atomic E-state index is 11.7. The molecule has 1 rings (SSSR count). The zero-order chi connectivity index (χ0) is 11.7. The zero-order valence-electron chi connectivity index (χ0n) is 10.3. The van der Waals surface area contributed by atoms with Crippen LogP contribution in [0.2, 0.25) is 0 Å². The van der Waals surface area contributed by atoms with E-state index in [2.05, 4.69) is 34.3 Å². The second-order valence-electron chi connectivity index (χ2n) is 5.64. The molecule has 0 bridgehead atoms. The van der Waals surface area contributed by atoms with Gasteiger partial charge in [0.25, 0.3) is 0 Å². The van der Waals surface area contributed by atoms with Crippen molar-refractivity contribution in [3.63, 3.8) is 0 Å². The van der Waals surface area contributed by atoms with Crippen molar-refractivity contribution < 1.29 is 4.21 Å². The molecule has 0 aromatic rings.